The van der Waals surface area contributed by atoms with Crippen molar-refractivity contribution < 1.29 is 26.5 Å². The maximum absolute atomic E-state index is 13.4. The number of hydrogen-bond donors (Lipinski definition) is 1. The van der Waals surface area contributed by atoms with Gasteiger partial charge in [-0.05, 0) is 58.2 Å². The maximum Gasteiger partial charge on any atom is 0.416 e. The van der Waals surface area contributed by atoms with Crippen LogP contribution in [0.25, 0.3) is 11.0 Å². The monoisotopic (exact) mass is 552 g/mol. The van der Waals surface area contributed by atoms with E-state index in [9.17, 15) is 31.7 Å². The Morgan fingerprint density at radius 3 is 2.29 bits per heavy atom. The summed E-state index contributed by atoms with van der Waals surface area (Å²) in [7, 11) is -3.77. The second-order valence-corrected chi connectivity index (χ2v) is 12.0. The summed E-state index contributed by atoms with van der Waals surface area (Å²) < 4.78 is 66.9. The smallest absolute Gasteiger partial charge is 0.363 e. The normalized spacial score (nSPS) is 15.3. The van der Waals surface area contributed by atoms with Gasteiger partial charge in [-0.15, -0.1) is 0 Å². The highest BCUT2D eigenvalue weighted by atomic mass is 32.2. The minimum absolute atomic E-state index is 0.00705. The number of fused-ring (bicyclic) bond motifs is 1. The Bertz CT molecular complexity index is 1510. The van der Waals surface area contributed by atoms with Crippen molar-refractivity contribution in [3.8, 4) is 0 Å². The Morgan fingerprint density at radius 1 is 1.05 bits per heavy atom. The Kier molecular flexibility index (Phi) is 7.21. The lowest BCUT2D eigenvalue weighted by molar-refractivity contribution is -0.385. The number of nitrogens with zero attached hydrogens (tertiary/aromatic N) is 5. The van der Waals surface area contributed by atoms with Crippen LogP contribution in [0.5, 0.6) is 0 Å². The van der Waals surface area contributed by atoms with Gasteiger partial charge in [-0.3, -0.25) is 10.1 Å². The van der Waals surface area contributed by atoms with Crippen molar-refractivity contribution in [2.45, 2.75) is 62.9 Å². The van der Waals surface area contributed by atoms with E-state index in [-0.39, 0.29) is 27.3 Å². The molecule has 0 amide bonds. The molecule has 38 heavy (non-hydrogen) atoms. The number of non-ortho nitro benzene ring substituents is 1. The number of hydrogen-bond acceptors (Lipinski definition) is 9. The molecule has 1 aliphatic rings. The van der Waals surface area contributed by atoms with Crippen LogP contribution in [0.1, 0.15) is 56.6 Å². The zero-order chi connectivity index (χ0) is 28.0. The third kappa shape index (κ3) is 5.35. The maximum atomic E-state index is 13.4. The largest absolute Gasteiger partial charge is 0.416 e. The lowest BCUT2D eigenvalue weighted by Crippen LogP contribution is -2.25. The van der Waals surface area contributed by atoms with E-state index in [4.69, 9.17) is 0 Å². The highest BCUT2D eigenvalue weighted by Crippen LogP contribution is 2.37. The van der Waals surface area contributed by atoms with Gasteiger partial charge in [0.2, 0.25) is 0 Å². The molecule has 0 bridgehead atoms. The molecule has 14 heteroatoms. The number of aryl methyl sites for hydroxylation is 1. The number of halogens is 3. The predicted molar refractivity (Wildman–Crippen MR) is 136 cm³/mol. The first kappa shape index (κ1) is 27.5. The molecule has 1 saturated heterocycles. The van der Waals surface area contributed by atoms with E-state index in [0.717, 1.165) is 25.0 Å². The Labute approximate surface area is 217 Å². The number of nitro groups is 1. The summed E-state index contributed by atoms with van der Waals surface area (Å²) in [5, 5.41) is 13.8. The zero-order valence-electron chi connectivity index (χ0n) is 21.2. The molecule has 0 saturated carbocycles. The SMILES string of the molecule is Cc1nc(N[C@H](C)c2cc([N+](=O)[O-])cc(C(F)(F)F)c2)c2cc(S(=O)(=O)C(C)C)c(N3CCCC3)nc2n1. The van der Waals surface area contributed by atoms with Crippen molar-refractivity contribution in [3.63, 3.8) is 0 Å². The fourth-order valence-electron chi connectivity index (χ4n) is 4.31. The lowest BCUT2D eigenvalue weighted by atomic mass is 10.0. The molecule has 4 rings (SSSR count). The van der Waals surface area contributed by atoms with Gasteiger partial charge in [-0.2, -0.15) is 13.2 Å². The molecule has 3 aromatic rings. The number of rotatable bonds is 7. The van der Waals surface area contributed by atoms with Crippen molar-refractivity contribution in [1.82, 2.24) is 15.0 Å². The first-order chi connectivity index (χ1) is 17.7. The van der Waals surface area contributed by atoms with Crippen molar-refractivity contribution in [1.29, 1.82) is 0 Å². The third-order valence-electron chi connectivity index (χ3n) is 6.41. The first-order valence-electron chi connectivity index (χ1n) is 12.0. The number of nitro benzene ring substituents is 1. The molecule has 204 valence electrons. The second-order valence-electron chi connectivity index (χ2n) is 9.52. The number of pyridine rings is 1. The molecule has 0 radical (unpaired) electrons. The third-order valence-corrected chi connectivity index (χ3v) is 8.56. The number of sulfone groups is 1. The molecule has 1 aromatic carbocycles. The molecular formula is C24H27F3N6O4S. The summed E-state index contributed by atoms with van der Waals surface area (Å²) >= 11 is 0. The number of benzene rings is 1. The van der Waals surface area contributed by atoms with Gasteiger partial charge < -0.3 is 10.2 Å². The molecule has 1 fully saturated rings. The van der Waals surface area contributed by atoms with Gasteiger partial charge in [0.05, 0.1) is 27.2 Å². The average molecular weight is 553 g/mol. The molecule has 0 spiro atoms. The topological polar surface area (TPSA) is 131 Å². The van der Waals surface area contributed by atoms with E-state index >= 15 is 0 Å². The summed E-state index contributed by atoms with van der Waals surface area (Å²) in [5.41, 5.74) is -1.62. The number of alkyl halides is 3. The fraction of sp³-hybridized carbons (Fsp3) is 0.458. The molecule has 3 heterocycles. The molecule has 10 nitrogen and oxygen atoms in total. The lowest BCUT2D eigenvalue weighted by Gasteiger charge is -2.23. The minimum atomic E-state index is -4.78. The Balaban J connectivity index is 1.86. The standard InChI is InChI=1S/C24H27F3N6O4S/c1-13(2)38(36,37)20-12-19-21(29-15(4)30-22(19)31-23(20)32-7-5-6-8-32)28-14(3)16-9-17(24(25,26)27)11-18(10-16)33(34)35/h9-14H,5-8H2,1-4H3,(H,28,29,30,31)/t14-/m1/s1. The Hall–Kier alpha value is -3.55. The van der Waals surface area contributed by atoms with E-state index in [0.29, 0.717) is 30.8 Å². The van der Waals surface area contributed by atoms with Crippen LogP contribution in [0, 0.1) is 17.0 Å². The summed E-state index contributed by atoms with van der Waals surface area (Å²) in [6.45, 7) is 7.58. The van der Waals surface area contributed by atoms with Crippen molar-refractivity contribution in [2.24, 2.45) is 0 Å². The molecule has 1 atom stereocenters. The zero-order valence-corrected chi connectivity index (χ0v) is 22.0. The molecule has 1 aliphatic heterocycles. The van der Waals surface area contributed by atoms with Crippen LogP contribution in [0.3, 0.4) is 0 Å². The van der Waals surface area contributed by atoms with Crippen LogP contribution in [-0.2, 0) is 16.0 Å². The van der Waals surface area contributed by atoms with E-state index in [1.54, 1.807) is 20.8 Å². The van der Waals surface area contributed by atoms with Gasteiger partial charge in [0.1, 0.15) is 22.4 Å². The minimum Gasteiger partial charge on any atom is -0.363 e. The molecular weight excluding hydrogens is 525 g/mol. The van der Waals surface area contributed by atoms with Crippen LogP contribution < -0.4 is 10.2 Å². The molecule has 0 unspecified atom stereocenters. The van der Waals surface area contributed by atoms with Crippen molar-refractivity contribution in [3.05, 3.63) is 51.3 Å². The van der Waals surface area contributed by atoms with E-state index in [2.05, 4.69) is 20.3 Å². The number of anilines is 2. The summed E-state index contributed by atoms with van der Waals surface area (Å²) in [6.07, 6.45) is -2.98. The molecule has 2 aromatic heterocycles. The summed E-state index contributed by atoms with van der Waals surface area (Å²) in [5.74, 6) is 0.775. The van der Waals surface area contributed by atoms with Gasteiger partial charge in [0, 0.05) is 25.2 Å². The average Bonchev–Trinajstić information content (AvgIpc) is 3.37. The van der Waals surface area contributed by atoms with Gasteiger partial charge in [-0.1, -0.05) is 0 Å². The second kappa shape index (κ2) is 9.97. The Morgan fingerprint density at radius 2 is 1.71 bits per heavy atom. The highest BCUT2D eigenvalue weighted by molar-refractivity contribution is 7.92. The van der Waals surface area contributed by atoms with Crippen molar-refractivity contribution >= 4 is 38.2 Å². The van der Waals surface area contributed by atoms with E-state index < -0.39 is 43.5 Å². The van der Waals surface area contributed by atoms with E-state index in [1.165, 1.54) is 13.0 Å². The van der Waals surface area contributed by atoms with Gasteiger partial charge in [-0.25, -0.2) is 23.4 Å². The van der Waals surface area contributed by atoms with Crippen LogP contribution >= 0.6 is 0 Å². The highest BCUT2D eigenvalue weighted by Gasteiger charge is 2.34. The number of aromatic nitrogens is 3. The quantitative estimate of drug-likeness (QED) is 0.310. The summed E-state index contributed by atoms with van der Waals surface area (Å²) in [4.78, 5) is 25.7. The van der Waals surface area contributed by atoms with Crippen LogP contribution in [0.2, 0.25) is 0 Å². The molecule has 1 N–H and O–H groups in total. The van der Waals surface area contributed by atoms with E-state index in [1.807, 2.05) is 4.90 Å². The van der Waals surface area contributed by atoms with Crippen LogP contribution in [0.15, 0.2) is 29.2 Å². The molecule has 0 aliphatic carbocycles. The van der Waals surface area contributed by atoms with Crippen LogP contribution in [-0.4, -0.2) is 46.6 Å². The fourth-order valence-corrected chi connectivity index (χ4v) is 5.53. The predicted octanol–water partition coefficient (Wildman–Crippen LogP) is 5.22. The van der Waals surface area contributed by atoms with Crippen LogP contribution in [0.4, 0.5) is 30.5 Å². The van der Waals surface area contributed by atoms with Gasteiger partial charge >= 0.3 is 6.18 Å². The van der Waals surface area contributed by atoms with Gasteiger partial charge in [0.25, 0.3) is 5.69 Å². The first-order valence-corrected chi connectivity index (χ1v) is 13.5. The van der Waals surface area contributed by atoms with Gasteiger partial charge in [0.15, 0.2) is 15.5 Å². The van der Waals surface area contributed by atoms with Crippen molar-refractivity contribution in [2.75, 3.05) is 23.3 Å². The number of nitrogens with one attached hydrogen (secondary N) is 1. The summed E-state index contributed by atoms with van der Waals surface area (Å²) in [6, 6.07) is 2.96.